The van der Waals surface area contributed by atoms with Gasteiger partial charge in [0.05, 0.1) is 0 Å². The summed E-state index contributed by atoms with van der Waals surface area (Å²) >= 11 is 5.42. The molecule has 0 amide bonds. The Morgan fingerprint density at radius 1 is 1.67 bits per heavy atom. The van der Waals surface area contributed by atoms with Gasteiger partial charge >= 0.3 is 0 Å². The van der Waals surface area contributed by atoms with Crippen LogP contribution in [0, 0.1) is 0 Å². The lowest BCUT2D eigenvalue weighted by Gasteiger charge is -1.93. The van der Waals surface area contributed by atoms with Crippen LogP contribution in [0.2, 0.25) is 5.22 Å². The van der Waals surface area contributed by atoms with Gasteiger partial charge in [0.1, 0.15) is 5.69 Å². The molecule has 0 fully saturated rings. The number of hydrogen-bond donors (Lipinski definition) is 1. The minimum Gasteiger partial charge on any atom is -0.343 e. The first kappa shape index (κ1) is 9.50. The van der Waals surface area contributed by atoms with Crippen LogP contribution in [0.5, 0.6) is 0 Å². The molecule has 0 aliphatic heterocycles. The molecule has 7 heteroatoms. The van der Waals surface area contributed by atoms with Gasteiger partial charge in [-0.2, -0.15) is 0 Å². The molecule has 0 atom stereocenters. The van der Waals surface area contributed by atoms with E-state index in [1.165, 1.54) is 0 Å². The predicted molar refractivity (Wildman–Crippen MR) is 42.3 cm³/mol. The Morgan fingerprint density at radius 2 is 2.25 bits per heavy atom. The maximum atomic E-state index is 10.9. The molecule has 0 saturated heterocycles. The molecule has 5 nitrogen and oxygen atoms in total. The molecule has 1 rings (SSSR count). The Hall–Kier alpha value is -0.590. The van der Waals surface area contributed by atoms with E-state index in [4.69, 9.17) is 16.7 Å². The Kier molecular flexibility index (Phi) is 2.41. The monoisotopic (exact) mass is 210 g/mol. The van der Waals surface area contributed by atoms with Gasteiger partial charge in [-0.3, -0.25) is 0 Å². The zero-order valence-corrected chi connectivity index (χ0v) is 7.82. The highest BCUT2D eigenvalue weighted by Gasteiger charge is 2.22. The van der Waals surface area contributed by atoms with E-state index < -0.39 is 10.0 Å². The molecule has 0 radical (unpaired) electrons. The molecule has 0 spiro atoms. The lowest BCUT2D eigenvalue weighted by atomic mass is 10.3. The summed E-state index contributed by atoms with van der Waals surface area (Å²) in [5, 5.41) is 8.02. The average molecular weight is 211 g/mol. The van der Waals surface area contributed by atoms with Crippen molar-refractivity contribution in [3.63, 3.8) is 0 Å². The normalized spacial score (nSPS) is 11.9. The van der Waals surface area contributed by atoms with Crippen molar-refractivity contribution in [2.75, 3.05) is 0 Å². The molecule has 0 unspecified atom stereocenters. The number of halogens is 1. The molecule has 0 aliphatic rings. The van der Waals surface area contributed by atoms with Crippen LogP contribution in [-0.2, 0) is 16.4 Å². The fourth-order valence-corrected chi connectivity index (χ4v) is 2.03. The molecule has 0 bridgehead atoms. The topological polar surface area (TPSA) is 86.2 Å². The second-order valence-corrected chi connectivity index (χ2v) is 3.97. The number of hydrogen-bond acceptors (Lipinski definition) is 4. The predicted octanol–water partition coefficient (Wildman–Crippen LogP) is 0.538. The summed E-state index contributed by atoms with van der Waals surface area (Å²) in [6.07, 6.45) is 0.405. The number of nitrogens with zero attached hydrogens (tertiary/aromatic N) is 1. The van der Waals surface area contributed by atoms with Crippen LogP contribution in [0.15, 0.2) is 9.42 Å². The van der Waals surface area contributed by atoms with Crippen LogP contribution in [-0.4, -0.2) is 13.6 Å². The largest absolute Gasteiger partial charge is 0.343 e. The van der Waals surface area contributed by atoms with Crippen molar-refractivity contribution in [3.8, 4) is 0 Å². The fraction of sp³-hybridized carbons (Fsp3) is 0.400. The van der Waals surface area contributed by atoms with Crippen molar-refractivity contribution in [2.45, 2.75) is 18.2 Å². The van der Waals surface area contributed by atoms with Gasteiger partial charge in [-0.15, -0.1) is 0 Å². The maximum absolute atomic E-state index is 10.9. The highest BCUT2D eigenvalue weighted by molar-refractivity contribution is 7.89. The maximum Gasteiger partial charge on any atom is 0.246 e. The minimum atomic E-state index is -3.82. The van der Waals surface area contributed by atoms with Crippen molar-refractivity contribution >= 4 is 21.6 Å². The number of nitrogens with two attached hydrogens (primary N) is 1. The molecule has 1 aromatic rings. The van der Waals surface area contributed by atoms with Gasteiger partial charge < -0.3 is 4.52 Å². The van der Waals surface area contributed by atoms with Gasteiger partial charge in [-0.25, -0.2) is 13.6 Å². The number of sulfonamides is 1. The summed E-state index contributed by atoms with van der Waals surface area (Å²) in [7, 11) is -3.82. The van der Waals surface area contributed by atoms with Gasteiger partial charge in [0.15, 0.2) is 4.90 Å². The summed E-state index contributed by atoms with van der Waals surface area (Å²) in [4.78, 5) is -0.216. The zero-order valence-electron chi connectivity index (χ0n) is 6.24. The number of aromatic nitrogens is 1. The molecule has 0 saturated carbocycles. The summed E-state index contributed by atoms with van der Waals surface area (Å²) in [5.41, 5.74) is 0.252. The van der Waals surface area contributed by atoms with Crippen molar-refractivity contribution in [3.05, 3.63) is 10.9 Å². The molecule has 1 aromatic heterocycles. The second kappa shape index (κ2) is 3.04. The molecule has 0 aromatic carbocycles. The number of primary sulfonamides is 1. The number of aryl methyl sites for hydroxylation is 1. The second-order valence-electron chi connectivity index (χ2n) is 2.13. The third-order valence-corrected chi connectivity index (χ3v) is 2.66. The minimum absolute atomic E-state index is 0.216. The van der Waals surface area contributed by atoms with E-state index >= 15 is 0 Å². The number of rotatable bonds is 2. The third-order valence-electron chi connectivity index (χ3n) is 1.30. The molecular formula is C5H7ClN2O3S. The van der Waals surface area contributed by atoms with Gasteiger partial charge in [-0.05, 0) is 18.0 Å². The summed E-state index contributed by atoms with van der Waals surface area (Å²) in [6.45, 7) is 1.73. The van der Waals surface area contributed by atoms with Crippen molar-refractivity contribution in [2.24, 2.45) is 5.14 Å². The van der Waals surface area contributed by atoms with Crippen LogP contribution >= 0.6 is 11.6 Å². The van der Waals surface area contributed by atoms with Gasteiger partial charge in [0.2, 0.25) is 15.2 Å². The van der Waals surface area contributed by atoms with Crippen LogP contribution < -0.4 is 5.14 Å². The highest BCUT2D eigenvalue weighted by Crippen LogP contribution is 2.23. The van der Waals surface area contributed by atoms with Crippen molar-refractivity contribution < 1.29 is 12.9 Å². The van der Waals surface area contributed by atoms with E-state index in [-0.39, 0.29) is 15.8 Å². The van der Waals surface area contributed by atoms with Crippen LogP contribution in [0.4, 0.5) is 0 Å². The van der Waals surface area contributed by atoms with Gasteiger partial charge in [0.25, 0.3) is 0 Å². The van der Waals surface area contributed by atoms with Crippen LogP contribution in [0.3, 0.4) is 0 Å². The quantitative estimate of drug-likeness (QED) is 0.772. The van der Waals surface area contributed by atoms with Crippen molar-refractivity contribution in [1.82, 2.24) is 5.16 Å². The first-order chi connectivity index (χ1) is 5.46. The molecule has 12 heavy (non-hydrogen) atoms. The van der Waals surface area contributed by atoms with E-state index in [1.807, 2.05) is 0 Å². The van der Waals surface area contributed by atoms with Gasteiger partial charge in [-0.1, -0.05) is 12.1 Å². The molecule has 0 aliphatic carbocycles. The SMILES string of the molecule is CCc1noc(Cl)c1S(N)(=O)=O. The zero-order chi connectivity index (χ0) is 9.35. The van der Waals surface area contributed by atoms with E-state index in [2.05, 4.69) is 9.68 Å². The smallest absolute Gasteiger partial charge is 0.246 e. The molecular weight excluding hydrogens is 204 g/mol. The summed E-state index contributed by atoms with van der Waals surface area (Å²) < 4.78 is 26.2. The van der Waals surface area contributed by atoms with E-state index in [0.29, 0.717) is 6.42 Å². The summed E-state index contributed by atoms with van der Waals surface area (Å²) in [6, 6.07) is 0. The van der Waals surface area contributed by atoms with Crippen molar-refractivity contribution in [1.29, 1.82) is 0 Å². The summed E-state index contributed by atoms with van der Waals surface area (Å²) in [5.74, 6) is 0. The first-order valence-electron chi connectivity index (χ1n) is 3.13. The molecule has 2 N–H and O–H groups in total. The van der Waals surface area contributed by atoms with Crippen LogP contribution in [0.25, 0.3) is 0 Å². The average Bonchev–Trinajstić information content (AvgIpc) is 2.29. The standard InChI is InChI=1S/C5H7ClN2O3S/c1-2-3-4(12(7,9)10)5(6)11-8-3/h2H2,1H3,(H2,7,9,10). The molecule has 68 valence electrons. The Morgan fingerprint density at radius 3 is 2.58 bits per heavy atom. The Balaban J connectivity index is 3.39. The lowest BCUT2D eigenvalue weighted by Crippen LogP contribution is -2.13. The fourth-order valence-electron chi connectivity index (χ4n) is 0.793. The third kappa shape index (κ3) is 1.60. The van der Waals surface area contributed by atoms with Crippen LogP contribution in [0.1, 0.15) is 12.6 Å². The van der Waals surface area contributed by atoms with E-state index in [0.717, 1.165) is 0 Å². The van der Waals surface area contributed by atoms with E-state index in [9.17, 15) is 8.42 Å². The Bertz CT molecular complexity index is 383. The Labute approximate surface area is 74.5 Å². The lowest BCUT2D eigenvalue weighted by molar-refractivity contribution is 0.413. The van der Waals surface area contributed by atoms with Gasteiger partial charge in [0, 0.05) is 0 Å². The highest BCUT2D eigenvalue weighted by atomic mass is 35.5. The molecule has 1 heterocycles. The van der Waals surface area contributed by atoms with E-state index in [1.54, 1.807) is 6.92 Å². The first-order valence-corrected chi connectivity index (χ1v) is 5.06.